The Bertz CT molecular complexity index is 595. The topological polar surface area (TPSA) is 46.5 Å². The van der Waals surface area contributed by atoms with Crippen LogP contribution in [0.4, 0.5) is 0 Å². The average molecular weight is 389 g/mol. The molecular formula is C25H40O3. The number of esters is 1. The van der Waals surface area contributed by atoms with Crippen molar-refractivity contribution in [3.63, 3.8) is 0 Å². The first kappa shape index (κ1) is 20.4. The summed E-state index contributed by atoms with van der Waals surface area (Å²) in [6.45, 7) is 6.82. The summed E-state index contributed by atoms with van der Waals surface area (Å²) in [4.78, 5) is 12.8. The summed E-state index contributed by atoms with van der Waals surface area (Å²) in [5, 5.41) is 10.5. The minimum atomic E-state index is -0.554. The number of hydrogen-bond acceptors (Lipinski definition) is 3. The van der Waals surface area contributed by atoms with E-state index >= 15 is 0 Å². The first-order valence-electron chi connectivity index (χ1n) is 12.0. The van der Waals surface area contributed by atoms with Gasteiger partial charge in [-0.3, -0.25) is 4.79 Å². The Morgan fingerprint density at radius 2 is 1.96 bits per heavy atom. The second kappa shape index (κ2) is 8.13. The van der Waals surface area contributed by atoms with Gasteiger partial charge < -0.3 is 9.84 Å². The third-order valence-electron chi connectivity index (χ3n) is 8.80. The maximum Gasteiger partial charge on any atom is 0.308 e. The summed E-state index contributed by atoms with van der Waals surface area (Å²) < 4.78 is 6.26. The zero-order chi connectivity index (χ0) is 19.9. The lowest BCUT2D eigenvalue weighted by Gasteiger charge is -2.53. The molecule has 3 saturated carbocycles. The second-order valence-corrected chi connectivity index (χ2v) is 10.8. The van der Waals surface area contributed by atoms with Crippen LogP contribution < -0.4 is 0 Å². The van der Waals surface area contributed by atoms with Crippen LogP contribution in [0, 0.1) is 41.4 Å². The largest absolute Gasteiger partial charge is 0.458 e. The highest BCUT2D eigenvalue weighted by Gasteiger charge is 2.52. The van der Waals surface area contributed by atoms with Crippen molar-refractivity contribution in [1.29, 1.82) is 0 Å². The van der Waals surface area contributed by atoms with E-state index in [2.05, 4.69) is 32.9 Å². The van der Waals surface area contributed by atoms with Crippen LogP contribution in [0.5, 0.6) is 0 Å². The minimum Gasteiger partial charge on any atom is -0.458 e. The summed E-state index contributed by atoms with van der Waals surface area (Å²) in [6.07, 6.45) is 14.5. The highest BCUT2D eigenvalue weighted by molar-refractivity contribution is 5.70. The molecule has 0 radical (unpaired) electrons. The number of carbonyl (C=O) groups excluding carboxylic acids is 1. The summed E-state index contributed by atoms with van der Waals surface area (Å²) in [6, 6.07) is 0. The highest BCUT2D eigenvalue weighted by atomic mass is 16.6. The first-order chi connectivity index (χ1) is 13.4. The molecule has 28 heavy (non-hydrogen) atoms. The lowest BCUT2D eigenvalue weighted by Crippen LogP contribution is -2.54. The minimum absolute atomic E-state index is 0.164. The van der Waals surface area contributed by atoms with E-state index in [0.29, 0.717) is 17.8 Å². The molecule has 4 aliphatic carbocycles. The molecule has 4 bridgehead atoms. The molecular weight excluding hydrogens is 348 g/mol. The van der Waals surface area contributed by atoms with Gasteiger partial charge in [-0.05, 0) is 99.2 Å². The molecule has 3 nitrogen and oxygen atoms in total. The van der Waals surface area contributed by atoms with Gasteiger partial charge in [-0.1, -0.05) is 32.9 Å². The molecule has 9 unspecified atom stereocenters. The van der Waals surface area contributed by atoms with Crippen molar-refractivity contribution in [1.82, 2.24) is 0 Å². The molecule has 0 aromatic heterocycles. The standard InChI is InChI=1S/C25H40O3/c1-4-25(17(3)11-19-9-16(2)10-22(25)14-19)28-24(27)15-23(26)8-7-21-13-18-5-6-20(21)12-18/h5-6,16-23,26H,4,7-15H2,1-3H3. The molecule has 4 aliphatic rings. The summed E-state index contributed by atoms with van der Waals surface area (Å²) >= 11 is 0. The maximum absolute atomic E-state index is 12.8. The highest BCUT2D eigenvalue weighted by Crippen LogP contribution is 2.53. The predicted octanol–water partition coefficient (Wildman–Crippen LogP) is 5.51. The molecule has 4 rings (SSSR count). The van der Waals surface area contributed by atoms with E-state index in [1.807, 2.05) is 0 Å². The number of aliphatic hydroxyl groups is 1. The van der Waals surface area contributed by atoms with Gasteiger partial charge in [0, 0.05) is 0 Å². The number of allylic oxidation sites excluding steroid dienone is 2. The van der Waals surface area contributed by atoms with Crippen molar-refractivity contribution in [3.05, 3.63) is 12.2 Å². The van der Waals surface area contributed by atoms with Crippen LogP contribution in [-0.4, -0.2) is 22.8 Å². The molecule has 0 heterocycles. The third-order valence-corrected chi connectivity index (χ3v) is 8.80. The van der Waals surface area contributed by atoms with E-state index in [1.165, 1.54) is 38.5 Å². The van der Waals surface area contributed by atoms with Crippen LogP contribution in [0.1, 0.15) is 85.0 Å². The molecule has 3 fully saturated rings. The van der Waals surface area contributed by atoms with E-state index in [1.54, 1.807) is 0 Å². The van der Waals surface area contributed by atoms with Crippen LogP contribution in [-0.2, 0) is 9.53 Å². The van der Waals surface area contributed by atoms with Gasteiger partial charge in [-0.2, -0.15) is 0 Å². The smallest absolute Gasteiger partial charge is 0.308 e. The van der Waals surface area contributed by atoms with Crippen molar-refractivity contribution < 1.29 is 14.6 Å². The van der Waals surface area contributed by atoms with Crippen LogP contribution in [0.15, 0.2) is 12.2 Å². The number of rotatable bonds is 7. The Hall–Kier alpha value is -0.830. The fourth-order valence-corrected chi connectivity index (χ4v) is 7.51. The summed E-state index contributed by atoms with van der Waals surface area (Å²) in [5.41, 5.74) is -0.308. The fourth-order valence-electron chi connectivity index (χ4n) is 7.51. The molecule has 9 atom stereocenters. The van der Waals surface area contributed by atoms with Gasteiger partial charge in [-0.15, -0.1) is 0 Å². The van der Waals surface area contributed by atoms with Gasteiger partial charge >= 0.3 is 5.97 Å². The molecule has 158 valence electrons. The lowest BCUT2D eigenvalue weighted by molar-refractivity contribution is -0.192. The van der Waals surface area contributed by atoms with Gasteiger partial charge in [0.2, 0.25) is 0 Å². The van der Waals surface area contributed by atoms with E-state index in [-0.39, 0.29) is 18.0 Å². The molecule has 3 heteroatoms. The number of fused-ring (bicyclic) bond motifs is 4. The van der Waals surface area contributed by atoms with Crippen molar-refractivity contribution in [2.45, 2.75) is 96.7 Å². The third kappa shape index (κ3) is 3.93. The maximum atomic E-state index is 12.8. The van der Waals surface area contributed by atoms with Gasteiger partial charge in [0.15, 0.2) is 0 Å². The zero-order valence-corrected chi connectivity index (χ0v) is 18.1. The molecule has 0 aromatic carbocycles. The van der Waals surface area contributed by atoms with Crippen LogP contribution in [0.3, 0.4) is 0 Å². The predicted molar refractivity (Wildman–Crippen MR) is 112 cm³/mol. The Balaban J connectivity index is 1.30. The second-order valence-electron chi connectivity index (χ2n) is 10.8. The quantitative estimate of drug-likeness (QED) is 0.462. The Morgan fingerprint density at radius 1 is 1.14 bits per heavy atom. The lowest BCUT2D eigenvalue weighted by atomic mass is 9.57. The van der Waals surface area contributed by atoms with E-state index in [0.717, 1.165) is 42.9 Å². The van der Waals surface area contributed by atoms with Crippen LogP contribution in [0.2, 0.25) is 0 Å². The summed E-state index contributed by atoms with van der Waals surface area (Å²) in [5.74, 6) is 4.50. The van der Waals surface area contributed by atoms with Crippen molar-refractivity contribution in [3.8, 4) is 0 Å². The van der Waals surface area contributed by atoms with Crippen molar-refractivity contribution in [2.24, 2.45) is 41.4 Å². The van der Waals surface area contributed by atoms with Crippen LogP contribution >= 0.6 is 0 Å². The number of aliphatic hydroxyl groups excluding tert-OH is 1. The Kier molecular flexibility index (Phi) is 5.93. The number of ether oxygens (including phenoxy) is 1. The monoisotopic (exact) mass is 388 g/mol. The molecule has 0 saturated heterocycles. The van der Waals surface area contributed by atoms with E-state index in [4.69, 9.17) is 4.74 Å². The van der Waals surface area contributed by atoms with Gasteiger partial charge in [0.25, 0.3) is 0 Å². The molecule has 0 spiro atoms. The fraction of sp³-hybridized carbons (Fsp3) is 0.880. The Morgan fingerprint density at radius 3 is 2.64 bits per heavy atom. The van der Waals surface area contributed by atoms with Gasteiger partial charge in [0.05, 0.1) is 12.5 Å². The molecule has 0 amide bonds. The summed E-state index contributed by atoms with van der Waals surface area (Å²) in [7, 11) is 0. The van der Waals surface area contributed by atoms with Crippen molar-refractivity contribution in [2.75, 3.05) is 0 Å². The van der Waals surface area contributed by atoms with Gasteiger partial charge in [-0.25, -0.2) is 0 Å². The average Bonchev–Trinajstić information content (AvgIpc) is 3.26. The van der Waals surface area contributed by atoms with E-state index < -0.39 is 6.10 Å². The number of carbonyl (C=O) groups is 1. The van der Waals surface area contributed by atoms with Crippen LogP contribution in [0.25, 0.3) is 0 Å². The Labute approximate surface area is 171 Å². The molecule has 0 aliphatic heterocycles. The zero-order valence-electron chi connectivity index (χ0n) is 18.1. The van der Waals surface area contributed by atoms with Crippen molar-refractivity contribution >= 4 is 5.97 Å². The van der Waals surface area contributed by atoms with Gasteiger partial charge in [0.1, 0.15) is 5.60 Å². The first-order valence-corrected chi connectivity index (χ1v) is 12.0. The molecule has 1 N–H and O–H groups in total. The molecule has 0 aromatic rings. The van der Waals surface area contributed by atoms with E-state index in [9.17, 15) is 9.90 Å². The normalized spacial score (nSPS) is 45.2. The number of hydrogen-bond donors (Lipinski definition) is 1. The SMILES string of the molecule is CCC1(OC(=O)CC(O)CCC2CC3C=CC2C3)C(C)CC2CC(C)CC1C2.